The molecule has 33 heavy (non-hydrogen) atoms. The molecule has 0 aliphatic heterocycles. The summed E-state index contributed by atoms with van der Waals surface area (Å²) in [5, 5.41) is 29.5. The molecular weight excluding hydrogens is 429 g/mol. The second kappa shape index (κ2) is 9.16. The first kappa shape index (κ1) is 26.5. The van der Waals surface area contributed by atoms with Crippen LogP contribution in [0.1, 0.15) is 85.5 Å². The van der Waals surface area contributed by atoms with Gasteiger partial charge in [-0.15, -0.1) is 0 Å². The van der Waals surface area contributed by atoms with Crippen LogP contribution in [0, 0.1) is 23.2 Å². The molecule has 6 heteroatoms. The van der Waals surface area contributed by atoms with Crippen LogP contribution in [0.5, 0.6) is 0 Å². The number of alkyl halides is 3. The minimum Gasteiger partial charge on any atom is -0.390 e. The topological polar surface area (TPSA) is 60.7 Å². The van der Waals surface area contributed by atoms with Gasteiger partial charge in [0.25, 0.3) is 5.85 Å². The highest BCUT2D eigenvalue weighted by Gasteiger charge is 2.63. The molecule has 3 rings (SSSR count). The van der Waals surface area contributed by atoms with Gasteiger partial charge in [-0.1, -0.05) is 51.0 Å². The third-order valence-corrected chi connectivity index (χ3v) is 8.69. The molecule has 0 heterocycles. The van der Waals surface area contributed by atoms with Gasteiger partial charge in [0.1, 0.15) is 6.10 Å². The lowest BCUT2D eigenvalue weighted by Crippen LogP contribution is -2.56. The molecule has 188 valence electrons. The van der Waals surface area contributed by atoms with Crippen LogP contribution in [0.4, 0.5) is 13.2 Å². The Hall–Kier alpha value is -1.11. The van der Waals surface area contributed by atoms with E-state index in [2.05, 4.69) is 20.4 Å². The Morgan fingerprint density at radius 1 is 1.21 bits per heavy atom. The molecule has 0 aromatic heterocycles. The molecule has 1 unspecified atom stereocenters. The first-order chi connectivity index (χ1) is 15.1. The van der Waals surface area contributed by atoms with Crippen molar-refractivity contribution in [1.82, 2.24) is 0 Å². The average molecular weight is 471 g/mol. The van der Waals surface area contributed by atoms with Crippen molar-refractivity contribution in [3.63, 3.8) is 0 Å². The smallest absolute Gasteiger partial charge is 0.334 e. The Morgan fingerprint density at radius 2 is 1.88 bits per heavy atom. The minimum absolute atomic E-state index is 0.132. The standard InChI is InChI=1S/C27H41F3O3/c1-17(8-6-14-24(3,4)32)21-12-13-22-19(9-7-15-25(21,22)5)10-11-20-16-26(28,33)27(29,30)23(31)18(20)2/h10-11,17,21-23,31-33H,2,6-9,12-16H2,1,3-5H3/b19-10?,20-11-/t17-,21-,22?,23+,25-,26-/m1/s1. The summed E-state index contributed by atoms with van der Waals surface area (Å²) in [6, 6.07) is 0. The zero-order valence-electron chi connectivity index (χ0n) is 20.5. The number of fused-ring (bicyclic) bond motifs is 1. The maximum atomic E-state index is 14.2. The Labute approximate surface area is 196 Å². The number of aliphatic hydroxyl groups excluding tert-OH is 1. The van der Waals surface area contributed by atoms with Gasteiger partial charge in [0.2, 0.25) is 0 Å². The Bertz CT molecular complexity index is 808. The van der Waals surface area contributed by atoms with Crippen molar-refractivity contribution in [3.05, 3.63) is 35.5 Å². The van der Waals surface area contributed by atoms with Crippen LogP contribution in [0.3, 0.4) is 0 Å². The Balaban J connectivity index is 1.75. The molecule has 6 atom stereocenters. The first-order valence-corrected chi connectivity index (χ1v) is 12.4. The summed E-state index contributed by atoms with van der Waals surface area (Å²) in [6.45, 7) is 11.9. The number of hydrogen-bond acceptors (Lipinski definition) is 3. The van der Waals surface area contributed by atoms with E-state index in [1.54, 1.807) is 6.08 Å². The summed E-state index contributed by atoms with van der Waals surface area (Å²) in [5.74, 6) is -6.55. The van der Waals surface area contributed by atoms with Gasteiger partial charge in [-0.3, -0.25) is 0 Å². The van der Waals surface area contributed by atoms with Crippen molar-refractivity contribution in [2.75, 3.05) is 0 Å². The summed E-state index contributed by atoms with van der Waals surface area (Å²) in [4.78, 5) is 0. The fourth-order valence-corrected chi connectivity index (χ4v) is 6.73. The monoisotopic (exact) mass is 470 g/mol. The van der Waals surface area contributed by atoms with Crippen molar-refractivity contribution in [3.8, 4) is 0 Å². The Morgan fingerprint density at radius 3 is 2.52 bits per heavy atom. The normalized spacial score (nSPS) is 40.3. The largest absolute Gasteiger partial charge is 0.390 e. The van der Waals surface area contributed by atoms with Crippen molar-refractivity contribution in [2.24, 2.45) is 23.2 Å². The predicted molar refractivity (Wildman–Crippen MR) is 124 cm³/mol. The highest BCUT2D eigenvalue weighted by atomic mass is 19.3. The van der Waals surface area contributed by atoms with Gasteiger partial charge >= 0.3 is 5.92 Å². The zero-order chi connectivity index (χ0) is 24.8. The number of aliphatic hydroxyl groups is 3. The number of hydrogen-bond donors (Lipinski definition) is 3. The molecule has 3 N–H and O–H groups in total. The molecule has 3 fully saturated rings. The third kappa shape index (κ3) is 5.13. The second-order valence-corrected chi connectivity index (χ2v) is 11.7. The van der Waals surface area contributed by atoms with Gasteiger partial charge in [-0.2, -0.15) is 8.78 Å². The maximum absolute atomic E-state index is 14.2. The zero-order valence-corrected chi connectivity index (χ0v) is 20.5. The molecule has 0 saturated heterocycles. The van der Waals surface area contributed by atoms with Crippen LogP contribution >= 0.6 is 0 Å². The number of allylic oxidation sites excluding steroid dienone is 3. The van der Waals surface area contributed by atoms with E-state index >= 15 is 0 Å². The highest BCUT2D eigenvalue weighted by Crippen LogP contribution is 2.60. The highest BCUT2D eigenvalue weighted by molar-refractivity contribution is 5.42. The molecule has 3 aliphatic carbocycles. The molecule has 3 aliphatic rings. The van der Waals surface area contributed by atoms with Crippen LogP contribution < -0.4 is 0 Å². The van der Waals surface area contributed by atoms with Crippen LogP contribution in [0.15, 0.2) is 35.5 Å². The average Bonchev–Trinajstić information content (AvgIpc) is 3.05. The van der Waals surface area contributed by atoms with Crippen LogP contribution in [-0.2, 0) is 0 Å². The first-order valence-electron chi connectivity index (χ1n) is 12.4. The van der Waals surface area contributed by atoms with Crippen molar-refractivity contribution < 1.29 is 28.5 Å². The molecular formula is C27H41F3O3. The van der Waals surface area contributed by atoms with Crippen molar-refractivity contribution in [1.29, 1.82) is 0 Å². The van der Waals surface area contributed by atoms with Crippen molar-refractivity contribution in [2.45, 2.75) is 109 Å². The second-order valence-electron chi connectivity index (χ2n) is 11.7. The summed E-state index contributed by atoms with van der Waals surface area (Å²) in [6.07, 6.45) is 8.33. The summed E-state index contributed by atoms with van der Waals surface area (Å²) in [7, 11) is 0. The number of rotatable bonds is 6. The maximum Gasteiger partial charge on any atom is 0.334 e. The van der Waals surface area contributed by atoms with Crippen molar-refractivity contribution >= 4 is 0 Å². The van der Waals surface area contributed by atoms with E-state index in [1.807, 2.05) is 19.9 Å². The molecule has 0 aromatic rings. The fourth-order valence-electron chi connectivity index (χ4n) is 6.73. The van der Waals surface area contributed by atoms with Gasteiger partial charge in [0, 0.05) is 6.42 Å². The lowest BCUT2D eigenvalue weighted by atomic mass is 9.60. The SMILES string of the molecule is C=C1/C(=C\C=C2CCC[C@@]3(C)C2CC[C@@H]3[C@H](C)CCCC(C)(C)O)C[C@](O)(F)C(F)(F)[C@H]1O. The van der Waals surface area contributed by atoms with E-state index in [-0.39, 0.29) is 16.6 Å². The summed E-state index contributed by atoms with van der Waals surface area (Å²) < 4.78 is 42.0. The fraction of sp³-hybridized carbons (Fsp3) is 0.778. The summed E-state index contributed by atoms with van der Waals surface area (Å²) in [5.41, 5.74) is 0.663. The van der Waals surface area contributed by atoms with Crippen LogP contribution in [-0.4, -0.2) is 38.8 Å². The summed E-state index contributed by atoms with van der Waals surface area (Å²) >= 11 is 0. The van der Waals surface area contributed by atoms with Gasteiger partial charge in [0.15, 0.2) is 0 Å². The third-order valence-electron chi connectivity index (χ3n) is 8.69. The number of halogens is 3. The van der Waals surface area contributed by atoms with Gasteiger partial charge in [-0.05, 0) is 86.7 Å². The molecule has 0 bridgehead atoms. The lowest BCUT2D eigenvalue weighted by molar-refractivity contribution is -0.286. The quantitative estimate of drug-likeness (QED) is 0.430. The van der Waals surface area contributed by atoms with Gasteiger partial charge in [-0.25, -0.2) is 4.39 Å². The van der Waals surface area contributed by atoms with E-state index in [1.165, 1.54) is 5.57 Å². The predicted octanol–water partition coefficient (Wildman–Crippen LogP) is 6.25. The van der Waals surface area contributed by atoms with Crippen LogP contribution in [0.2, 0.25) is 0 Å². The molecule has 3 saturated carbocycles. The molecule has 0 amide bonds. The minimum atomic E-state index is -4.28. The molecule has 0 radical (unpaired) electrons. The van der Waals surface area contributed by atoms with E-state index in [0.717, 1.165) is 51.4 Å². The lowest BCUT2D eigenvalue weighted by Gasteiger charge is -2.44. The Kier molecular flexibility index (Phi) is 7.35. The van der Waals surface area contributed by atoms with E-state index < -0.39 is 29.9 Å². The van der Waals surface area contributed by atoms with Gasteiger partial charge in [0.05, 0.1) is 5.60 Å². The van der Waals surface area contributed by atoms with E-state index in [4.69, 9.17) is 0 Å². The van der Waals surface area contributed by atoms with E-state index in [0.29, 0.717) is 17.8 Å². The van der Waals surface area contributed by atoms with Gasteiger partial charge < -0.3 is 15.3 Å². The molecule has 0 spiro atoms. The molecule has 0 aromatic carbocycles. The molecule has 3 nitrogen and oxygen atoms in total. The van der Waals surface area contributed by atoms with Crippen LogP contribution in [0.25, 0.3) is 0 Å². The van der Waals surface area contributed by atoms with E-state index in [9.17, 15) is 28.5 Å².